The standard InChI is InChI=1S/C13H19NO5/c1-19-8-4-2-7(3-5-8)10-12(17)13(18)11(16)9(6-15)14-10/h2-5,9-18H,6H2,1H3/t9-,10+,11-,12+,13+/m1/s1. The topological polar surface area (TPSA) is 102 Å². The van der Waals surface area contributed by atoms with E-state index in [1.54, 1.807) is 31.4 Å². The molecule has 0 aromatic heterocycles. The number of benzene rings is 1. The van der Waals surface area contributed by atoms with Gasteiger partial charge in [0, 0.05) is 0 Å². The molecule has 1 fully saturated rings. The summed E-state index contributed by atoms with van der Waals surface area (Å²) < 4.78 is 5.05. The molecule has 0 radical (unpaired) electrons. The van der Waals surface area contributed by atoms with Crippen LogP contribution in [0.3, 0.4) is 0 Å². The average Bonchev–Trinajstić information content (AvgIpc) is 2.45. The van der Waals surface area contributed by atoms with Gasteiger partial charge < -0.3 is 30.5 Å². The maximum Gasteiger partial charge on any atom is 0.118 e. The zero-order valence-electron chi connectivity index (χ0n) is 10.6. The van der Waals surface area contributed by atoms with Crippen molar-refractivity contribution in [3.8, 4) is 5.75 Å². The highest BCUT2D eigenvalue weighted by Crippen LogP contribution is 2.28. The van der Waals surface area contributed by atoms with Crippen molar-refractivity contribution in [3.63, 3.8) is 0 Å². The van der Waals surface area contributed by atoms with Crippen LogP contribution < -0.4 is 10.1 Å². The lowest BCUT2D eigenvalue weighted by molar-refractivity contribution is -0.120. The Morgan fingerprint density at radius 2 is 1.68 bits per heavy atom. The number of ether oxygens (including phenoxy) is 1. The molecule has 5 atom stereocenters. The molecular weight excluding hydrogens is 250 g/mol. The molecule has 6 heteroatoms. The summed E-state index contributed by atoms with van der Waals surface area (Å²) in [4.78, 5) is 0. The van der Waals surface area contributed by atoms with Gasteiger partial charge in [-0.25, -0.2) is 0 Å². The summed E-state index contributed by atoms with van der Waals surface area (Å²) in [6.45, 7) is -0.322. The van der Waals surface area contributed by atoms with Gasteiger partial charge in [-0.1, -0.05) is 12.1 Å². The summed E-state index contributed by atoms with van der Waals surface area (Å²) in [5, 5.41) is 41.6. The minimum Gasteiger partial charge on any atom is -0.497 e. The Morgan fingerprint density at radius 3 is 2.21 bits per heavy atom. The highest BCUT2D eigenvalue weighted by atomic mass is 16.5. The largest absolute Gasteiger partial charge is 0.497 e. The average molecular weight is 269 g/mol. The van der Waals surface area contributed by atoms with Crippen LogP contribution in [0.15, 0.2) is 24.3 Å². The Labute approximate surface area is 111 Å². The van der Waals surface area contributed by atoms with Crippen LogP contribution in [0.4, 0.5) is 0 Å². The van der Waals surface area contributed by atoms with Crippen molar-refractivity contribution in [2.24, 2.45) is 0 Å². The van der Waals surface area contributed by atoms with E-state index >= 15 is 0 Å². The van der Waals surface area contributed by atoms with Crippen LogP contribution >= 0.6 is 0 Å². The summed E-state index contributed by atoms with van der Waals surface area (Å²) in [6, 6.07) is 5.79. The molecule has 0 amide bonds. The minimum atomic E-state index is -1.30. The van der Waals surface area contributed by atoms with Crippen molar-refractivity contribution in [2.45, 2.75) is 30.4 Å². The van der Waals surface area contributed by atoms with E-state index in [0.29, 0.717) is 5.75 Å². The highest BCUT2D eigenvalue weighted by Gasteiger charge is 2.42. The molecule has 5 N–H and O–H groups in total. The number of piperidine rings is 1. The number of rotatable bonds is 3. The van der Waals surface area contributed by atoms with Gasteiger partial charge in [0.25, 0.3) is 0 Å². The van der Waals surface area contributed by atoms with E-state index in [-0.39, 0.29) is 6.61 Å². The number of aliphatic hydroxyl groups excluding tert-OH is 4. The van der Waals surface area contributed by atoms with Crippen LogP contribution in [0.25, 0.3) is 0 Å². The van der Waals surface area contributed by atoms with Crippen molar-refractivity contribution < 1.29 is 25.2 Å². The van der Waals surface area contributed by atoms with Gasteiger partial charge in [0.15, 0.2) is 0 Å². The fourth-order valence-electron chi connectivity index (χ4n) is 2.33. The second-order valence-electron chi connectivity index (χ2n) is 4.68. The number of aliphatic hydroxyl groups is 4. The van der Waals surface area contributed by atoms with Crippen LogP contribution in [-0.2, 0) is 0 Å². The van der Waals surface area contributed by atoms with Crippen LogP contribution in [0, 0.1) is 0 Å². The summed E-state index contributed by atoms with van der Waals surface area (Å²) in [7, 11) is 1.56. The third kappa shape index (κ3) is 2.72. The van der Waals surface area contributed by atoms with Gasteiger partial charge in [0.1, 0.15) is 18.0 Å². The normalized spacial score (nSPS) is 35.1. The third-order valence-corrected chi connectivity index (χ3v) is 3.52. The molecule has 1 saturated heterocycles. The van der Waals surface area contributed by atoms with Crippen LogP contribution in [0.5, 0.6) is 5.75 Å². The SMILES string of the molecule is COc1ccc([C@@H]2N[C@H](CO)[C@@H](O)[C@H](O)[C@H]2O)cc1. The number of hydrogen-bond acceptors (Lipinski definition) is 6. The van der Waals surface area contributed by atoms with Crippen molar-refractivity contribution >= 4 is 0 Å². The molecule has 1 aromatic rings. The van der Waals surface area contributed by atoms with Crippen LogP contribution in [-0.4, -0.2) is 58.5 Å². The predicted molar refractivity (Wildman–Crippen MR) is 67.8 cm³/mol. The van der Waals surface area contributed by atoms with E-state index in [1.807, 2.05) is 0 Å². The Morgan fingerprint density at radius 1 is 1.05 bits per heavy atom. The number of methoxy groups -OCH3 is 1. The maximum atomic E-state index is 10.0. The minimum absolute atomic E-state index is 0.322. The highest BCUT2D eigenvalue weighted by molar-refractivity contribution is 5.30. The smallest absolute Gasteiger partial charge is 0.118 e. The van der Waals surface area contributed by atoms with Crippen LogP contribution in [0.1, 0.15) is 11.6 Å². The van der Waals surface area contributed by atoms with E-state index < -0.39 is 30.4 Å². The van der Waals surface area contributed by atoms with E-state index in [2.05, 4.69) is 5.32 Å². The van der Waals surface area contributed by atoms with E-state index in [1.165, 1.54) is 0 Å². The molecule has 0 unspecified atom stereocenters. The quantitative estimate of drug-likeness (QED) is 0.471. The number of hydrogen-bond donors (Lipinski definition) is 5. The Bertz CT molecular complexity index is 408. The lowest BCUT2D eigenvalue weighted by atomic mass is 9.87. The zero-order valence-corrected chi connectivity index (χ0v) is 10.6. The van der Waals surface area contributed by atoms with E-state index in [9.17, 15) is 20.4 Å². The molecule has 1 aliphatic rings. The Balaban J connectivity index is 2.21. The lowest BCUT2D eigenvalue weighted by Crippen LogP contribution is -2.62. The van der Waals surface area contributed by atoms with Gasteiger partial charge in [0.2, 0.25) is 0 Å². The van der Waals surface area contributed by atoms with E-state index in [4.69, 9.17) is 4.74 Å². The maximum absolute atomic E-state index is 10.0. The van der Waals surface area contributed by atoms with Crippen molar-refractivity contribution in [3.05, 3.63) is 29.8 Å². The second kappa shape index (κ2) is 5.85. The zero-order chi connectivity index (χ0) is 14.0. The molecule has 2 rings (SSSR count). The van der Waals surface area contributed by atoms with Crippen molar-refractivity contribution in [1.82, 2.24) is 5.32 Å². The molecule has 1 aliphatic heterocycles. The lowest BCUT2D eigenvalue weighted by Gasteiger charge is -2.41. The van der Waals surface area contributed by atoms with Gasteiger partial charge >= 0.3 is 0 Å². The molecule has 19 heavy (non-hydrogen) atoms. The molecule has 6 nitrogen and oxygen atoms in total. The number of nitrogens with one attached hydrogen (secondary N) is 1. The first kappa shape index (κ1) is 14.2. The third-order valence-electron chi connectivity index (χ3n) is 3.52. The van der Waals surface area contributed by atoms with Crippen LogP contribution in [0.2, 0.25) is 0 Å². The predicted octanol–water partition coefficient (Wildman–Crippen LogP) is -1.22. The van der Waals surface area contributed by atoms with Gasteiger partial charge in [-0.2, -0.15) is 0 Å². The summed E-state index contributed by atoms with van der Waals surface area (Å²) in [6.07, 6.45) is -3.65. The fraction of sp³-hybridized carbons (Fsp3) is 0.538. The van der Waals surface area contributed by atoms with Crippen molar-refractivity contribution in [2.75, 3.05) is 13.7 Å². The van der Waals surface area contributed by atoms with E-state index in [0.717, 1.165) is 5.56 Å². The summed E-state index contributed by atoms with van der Waals surface area (Å²) >= 11 is 0. The Kier molecular flexibility index (Phi) is 4.38. The molecule has 0 spiro atoms. The monoisotopic (exact) mass is 269 g/mol. The molecule has 1 aromatic carbocycles. The van der Waals surface area contributed by atoms with Crippen molar-refractivity contribution in [1.29, 1.82) is 0 Å². The Hall–Kier alpha value is -1.18. The second-order valence-corrected chi connectivity index (χ2v) is 4.68. The van der Waals surface area contributed by atoms with Gasteiger partial charge in [-0.15, -0.1) is 0 Å². The molecule has 106 valence electrons. The first-order valence-electron chi connectivity index (χ1n) is 6.13. The molecule has 0 saturated carbocycles. The molecular formula is C13H19NO5. The molecule has 0 aliphatic carbocycles. The summed E-state index contributed by atoms with van der Waals surface area (Å²) in [5.74, 6) is 0.688. The molecule has 0 bridgehead atoms. The van der Waals surface area contributed by atoms with Gasteiger partial charge in [-0.3, -0.25) is 0 Å². The van der Waals surface area contributed by atoms with Gasteiger partial charge in [-0.05, 0) is 17.7 Å². The van der Waals surface area contributed by atoms with Gasteiger partial charge in [0.05, 0.1) is 31.9 Å². The fourth-order valence-corrected chi connectivity index (χ4v) is 2.33. The molecule has 1 heterocycles. The first-order chi connectivity index (χ1) is 9.08. The summed E-state index contributed by atoms with van der Waals surface area (Å²) in [5.41, 5.74) is 0.748. The first-order valence-corrected chi connectivity index (χ1v) is 6.13.